The number of rotatable bonds is 5. The summed E-state index contributed by atoms with van der Waals surface area (Å²) in [5.74, 6) is -2.34. The summed E-state index contributed by atoms with van der Waals surface area (Å²) >= 11 is 0. The first-order valence-corrected chi connectivity index (χ1v) is 6.61. The Morgan fingerprint density at radius 1 is 1.50 bits per heavy atom. The van der Waals surface area contributed by atoms with Crippen molar-refractivity contribution in [1.82, 2.24) is 5.32 Å². The molecule has 1 aromatic rings. The number of carboxylic acid groups (broad SMARTS) is 1. The lowest BCUT2D eigenvalue weighted by Gasteiger charge is -2.20. The van der Waals surface area contributed by atoms with Crippen LogP contribution in [0.4, 0.5) is 14.5 Å². The second kappa shape index (κ2) is 6.17. The number of aliphatic carboxylic acids is 1. The molecule has 1 aliphatic heterocycles. The van der Waals surface area contributed by atoms with Crippen molar-refractivity contribution in [3.05, 3.63) is 29.8 Å². The molecule has 0 bridgehead atoms. The number of nitrogens with one attached hydrogen (secondary N) is 1. The number of benzene rings is 1. The highest BCUT2D eigenvalue weighted by molar-refractivity contribution is 5.73. The summed E-state index contributed by atoms with van der Waals surface area (Å²) in [6, 6.07) is 3.29. The summed E-state index contributed by atoms with van der Waals surface area (Å²) in [7, 11) is 1.63. The molecule has 0 radical (unpaired) electrons. The fourth-order valence-electron chi connectivity index (χ4n) is 2.62. The monoisotopic (exact) mass is 284 g/mol. The van der Waals surface area contributed by atoms with Gasteiger partial charge in [-0.15, -0.1) is 0 Å². The molecule has 1 aromatic carbocycles. The molecule has 2 rings (SSSR count). The maximum atomic E-state index is 13.2. The van der Waals surface area contributed by atoms with Crippen LogP contribution in [0.15, 0.2) is 18.2 Å². The number of nitrogens with zero attached hydrogens (tertiary/aromatic N) is 1. The van der Waals surface area contributed by atoms with Crippen molar-refractivity contribution in [3.63, 3.8) is 0 Å². The number of hydrogen-bond acceptors (Lipinski definition) is 3. The minimum atomic E-state index is -0.862. The highest BCUT2D eigenvalue weighted by Crippen LogP contribution is 2.27. The van der Waals surface area contributed by atoms with E-state index in [9.17, 15) is 13.6 Å². The molecule has 4 nitrogen and oxygen atoms in total. The van der Waals surface area contributed by atoms with Gasteiger partial charge in [0.1, 0.15) is 6.04 Å². The van der Waals surface area contributed by atoms with Crippen molar-refractivity contribution in [2.75, 3.05) is 25.0 Å². The number of carboxylic acids is 1. The predicted octanol–water partition coefficient (Wildman–Crippen LogP) is 1.85. The standard InChI is InChI=1S/C14H18F2N2O2/c1-17-13(14(19)20)6-9-4-5-18(8-9)10-2-3-11(15)12(16)7-10/h2-3,7,9,13,17H,4-6,8H2,1H3,(H,19,20). The van der Waals surface area contributed by atoms with E-state index in [4.69, 9.17) is 5.11 Å². The molecule has 0 saturated carbocycles. The smallest absolute Gasteiger partial charge is 0.320 e. The van der Waals surface area contributed by atoms with Gasteiger partial charge in [-0.1, -0.05) is 0 Å². The topological polar surface area (TPSA) is 52.6 Å². The van der Waals surface area contributed by atoms with Gasteiger partial charge >= 0.3 is 5.97 Å². The molecular formula is C14H18F2N2O2. The fourth-order valence-corrected chi connectivity index (χ4v) is 2.62. The summed E-state index contributed by atoms with van der Waals surface area (Å²) in [5.41, 5.74) is 0.641. The molecule has 1 aliphatic rings. The van der Waals surface area contributed by atoms with E-state index in [0.29, 0.717) is 18.7 Å². The average molecular weight is 284 g/mol. The third kappa shape index (κ3) is 3.25. The lowest BCUT2D eigenvalue weighted by atomic mass is 9.99. The average Bonchev–Trinajstić information content (AvgIpc) is 2.87. The lowest BCUT2D eigenvalue weighted by molar-refractivity contribution is -0.139. The lowest BCUT2D eigenvalue weighted by Crippen LogP contribution is -2.36. The van der Waals surface area contributed by atoms with E-state index in [-0.39, 0.29) is 5.92 Å². The van der Waals surface area contributed by atoms with Crippen molar-refractivity contribution >= 4 is 11.7 Å². The molecular weight excluding hydrogens is 266 g/mol. The Morgan fingerprint density at radius 2 is 2.25 bits per heavy atom. The molecule has 1 saturated heterocycles. The van der Waals surface area contributed by atoms with Crippen molar-refractivity contribution in [2.45, 2.75) is 18.9 Å². The Labute approximate surface area is 116 Å². The van der Waals surface area contributed by atoms with Crippen LogP contribution in [0.25, 0.3) is 0 Å². The molecule has 20 heavy (non-hydrogen) atoms. The second-order valence-corrected chi connectivity index (χ2v) is 5.11. The van der Waals surface area contributed by atoms with E-state index in [0.717, 1.165) is 19.0 Å². The molecule has 110 valence electrons. The molecule has 1 fully saturated rings. The number of hydrogen-bond donors (Lipinski definition) is 2. The first-order chi connectivity index (χ1) is 9.51. The van der Waals surface area contributed by atoms with Crippen molar-refractivity contribution in [2.24, 2.45) is 5.92 Å². The van der Waals surface area contributed by atoms with Crippen LogP contribution >= 0.6 is 0 Å². The molecule has 0 aromatic heterocycles. The van der Waals surface area contributed by atoms with Crippen LogP contribution in [0.1, 0.15) is 12.8 Å². The van der Waals surface area contributed by atoms with Crippen molar-refractivity contribution < 1.29 is 18.7 Å². The highest BCUT2D eigenvalue weighted by atomic mass is 19.2. The van der Waals surface area contributed by atoms with Crippen LogP contribution in [0, 0.1) is 17.6 Å². The van der Waals surface area contributed by atoms with Crippen LogP contribution in [-0.2, 0) is 4.79 Å². The third-order valence-corrected chi connectivity index (χ3v) is 3.77. The van der Waals surface area contributed by atoms with Crippen LogP contribution in [-0.4, -0.2) is 37.3 Å². The third-order valence-electron chi connectivity index (χ3n) is 3.77. The maximum Gasteiger partial charge on any atom is 0.320 e. The predicted molar refractivity (Wildman–Crippen MR) is 71.8 cm³/mol. The van der Waals surface area contributed by atoms with Crippen LogP contribution in [0.2, 0.25) is 0 Å². The van der Waals surface area contributed by atoms with Gasteiger partial charge in [0.25, 0.3) is 0 Å². The van der Waals surface area contributed by atoms with Crippen molar-refractivity contribution in [1.29, 1.82) is 0 Å². The molecule has 2 unspecified atom stereocenters. The van der Waals surface area contributed by atoms with Gasteiger partial charge < -0.3 is 15.3 Å². The molecule has 1 heterocycles. The summed E-state index contributed by atoms with van der Waals surface area (Å²) < 4.78 is 26.1. The maximum absolute atomic E-state index is 13.2. The summed E-state index contributed by atoms with van der Waals surface area (Å²) in [4.78, 5) is 12.9. The zero-order valence-electron chi connectivity index (χ0n) is 11.3. The van der Waals surface area contributed by atoms with Crippen LogP contribution in [0.3, 0.4) is 0 Å². The highest BCUT2D eigenvalue weighted by Gasteiger charge is 2.27. The second-order valence-electron chi connectivity index (χ2n) is 5.11. The Bertz CT molecular complexity index is 496. The van der Waals surface area contributed by atoms with Gasteiger partial charge in [-0.3, -0.25) is 4.79 Å². The number of halogens is 2. The van der Waals surface area contributed by atoms with Gasteiger partial charge in [0.2, 0.25) is 0 Å². The van der Waals surface area contributed by atoms with Gasteiger partial charge in [-0.05, 0) is 37.9 Å². The Morgan fingerprint density at radius 3 is 2.85 bits per heavy atom. The van der Waals surface area contributed by atoms with E-state index in [2.05, 4.69) is 5.32 Å². The summed E-state index contributed by atoms with van der Waals surface area (Å²) in [6.07, 6.45) is 1.39. The van der Waals surface area contributed by atoms with E-state index >= 15 is 0 Å². The molecule has 0 spiro atoms. The largest absolute Gasteiger partial charge is 0.480 e. The number of likely N-dealkylation sites (N-methyl/N-ethyl adjacent to an activating group) is 1. The van der Waals surface area contributed by atoms with E-state index in [1.165, 1.54) is 6.07 Å². The first kappa shape index (κ1) is 14.7. The Hall–Kier alpha value is -1.69. The molecule has 2 atom stereocenters. The molecule has 6 heteroatoms. The van der Waals surface area contributed by atoms with Gasteiger partial charge in [0.05, 0.1) is 0 Å². The normalized spacial score (nSPS) is 20.1. The van der Waals surface area contributed by atoms with Gasteiger partial charge in [0, 0.05) is 24.8 Å². The zero-order chi connectivity index (χ0) is 14.7. The van der Waals surface area contributed by atoms with Crippen molar-refractivity contribution in [3.8, 4) is 0 Å². The summed E-state index contributed by atoms with van der Waals surface area (Å²) in [6.45, 7) is 1.39. The van der Waals surface area contributed by atoms with E-state index in [1.807, 2.05) is 4.90 Å². The summed E-state index contributed by atoms with van der Waals surface area (Å²) in [5, 5.41) is 11.8. The first-order valence-electron chi connectivity index (χ1n) is 6.61. The SMILES string of the molecule is CNC(CC1CCN(c2ccc(F)c(F)c2)C1)C(=O)O. The molecule has 0 amide bonds. The van der Waals surface area contributed by atoms with E-state index < -0.39 is 23.6 Å². The fraction of sp³-hybridized carbons (Fsp3) is 0.500. The van der Waals surface area contributed by atoms with Gasteiger partial charge in [-0.25, -0.2) is 8.78 Å². The molecule has 2 N–H and O–H groups in total. The minimum absolute atomic E-state index is 0.233. The van der Waals surface area contributed by atoms with Crippen LogP contribution < -0.4 is 10.2 Å². The van der Waals surface area contributed by atoms with Crippen LogP contribution in [0.5, 0.6) is 0 Å². The van der Waals surface area contributed by atoms with Gasteiger partial charge in [-0.2, -0.15) is 0 Å². The Balaban J connectivity index is 1.98. The van der Waals surface area contributed by atoms with Gasteiger partial charge in [0.15, 0.2) is 11.6 Å². The van der Waals surface area contributed by atoms with E-state index in [1.54, 1.807) is 13.1 Å². The number of anilines is 1. The Kier molecular flexibility index (Phi) is 4.54. The molecule has 0 aliphatic carbocycles. The zero-order valence-corrected chi connectivity index (χ0v) is 11.3. The quantitative estimate of drug-likeness (QED) is 0.866. The number of carbonyl (C=O) groups is 1. The minimum Gasteiger partial charge on any atom is -0.480 e.